The Morgan fingerprint density at radius 2 is 1.58 bits per heavy atom. The lowest BCUT2D eigenvalue weighted by atomic mass is 10.0. The zero-order valence-electron chi connectivity index (χ0n) is 20.3. The van der Waals surface area contributed by atoms with Crippen LogP contribution in [0.1, 0.15) is 36.5 Å². The predicted octanol–water partition coefficient (Wildman–Crippen LogP) is 4.90. The highest BCUT2D eigenvalue weighted by molar-refractivity contribution is 5.72. The monoisotopic (exact) mass is 482 g/mol. The molecule has 3 aromatic carbocycles. The summed E-state index contributed by atoms with van der Waals surface area (Å²) in [5.74, 6) is -0.0167. The van der Waals surface area contributed by atoms with E-state index in [-0.39, 0.29) is 30.1 Å². The molecule has 6 nitrogen and oxygen atoms in total. The Labute approximate surface area is 207 Å². The molecule has 0 radical (unpaired) electrons. The quantitative estimate of drug-likeness (QED) is 0.331. The molecule has 7 heteroatoms. The second-order valence-electron chi connectivity index (χ2n) is 9.19. The van der Waals surface area contributed by atoms with Crippen LogP contribution in [-0.2, 0) is 19.5 Å². The van der Waals surface area contributed by atoms with Crippen LogP contribution in [0.15, 0.2) is 94.8 Å². The van der Waals surface area contributed by atoms with E-state index in [1.54, 1.807) is 22.8 Å². The van der Waals surface area contributed by atoms with Crippen molar-refractivity contribution in [2.45, 2.75) is 39.3 Å². The van der Waals surface area contributed by atoms with Crippen molar-refractivity contribution in [3.05, 3.63) is 129 Å². The SMILES string of the molecule is CC(C)c1ccc(-n2c(=O)n(CCc3ccccc3)c(=O)c3c2ncn3Cc2ccccc2F)cc1. The maximum Gasteiger partial charge on any atom is 0.337 e. The van der Waals surface area contributed by atoms with Gasteiger partial charge in [-0.05, 0) is 41.7 Å². The molecule has 0 saturated carbocycles. The molecule has 2 heterocycles. The molecule has 0 unspecified atom stereocenters. The molecule has 5 rings (SSSR count). The second-order valence-corrected chi connectivity index (χ2v) is 9.19. The van der Waals surface area contributed by atoms with Gasteiger partial charge in [0.15, 0.2) is 11.2 Å². The maximum absolute atomic E-state index is 14.4. The number of aryl methyl sites for hydroxylation is 1. The van der Waals surface area contributed by atoms with E-state index in [0.717, 1.165) is 11.1 Å². The van der Waals surface area contributed by atoms with Crippen LogP contribution < -0.4 is 11.2 Å². The number of hydrogen-bond acceptors (Lipinski definition) is 3. The molecular formula is C29H27FN4O2. The molecule has 0 aliphatic carbocycles. The minimum absolute atomic E-state index is 0.127. The zero-order valence-corrected chi connectivity index (χ0v) is 20.3. The van der Waals surface area contributed by atoms with E-state index in [1.807, 2.05) is 54.6 Å². The molecule has 0 bridgehead atoms. The summed E-state index contributed by atoms with van der Waals surface area (Å²) in [6, 6.07) is 23.9. The molecule has 0 saturated heterocycles. The Hall–Kier alpha value is -4.26. The highest BCUT2D eigenvalue weighted by Crippen LogP contribution is 2.19. The van der Waals surface area contributed by atoms with E-state index >= 15 is 0 Å². The Bertz CT molecular complexity index is 1630. The molecule has 182 valence electrons. The normalized spacial score (nSPS) is 11.4. The van der Waals surface area contributed by atoms with E-state index in [1.165, 1.54) is 21.5 Å². The molecule has 36 heavy (non-hydrogen) atoms. The molecule has 2 aromatic heterocycles. The van der Waals surface area contributed by atoms with Crippen LogP contribution >= 0.6 is 0 Å². The Kier molecular flexibility index (Phi) is 6.38. The van der Waals surface area contributed by atoms with Gasteiger partial charge in [-0.3, -0.25) is 9.36 Å². The van der Waals surface area contributed by atoms with Crippen molar-refractivity contribution in [2.75, 3.05) is 0 Å². The second kappa shape index (κ2) is 9.77. The van der Waals surface area contributed by atoms with Crippen LogP contribution in [0.2, 0.25) is 0 Å². The van der Waals surface area contributed by atoms with Gasteiger partial charge in [-0.15, -0.1) is 0 Å². The molecule has 0 amide bonds. The average Bonchev–Trinajstić information content (AvgIpc) is 3.29. The third kappa shape index (κ3) is 4.40. The number of fused-ring (bicyclic) bond motifs is 1. The Morgan fingerprint density at radius 1 is 0.889 bits per heavy atom. The summed E-state index contributed by atoms with van der Waals surface area (Å²) in [5.41, 5.74) is 2.87. The van der Waals surface area contributed by atoms with Crippen LogP contribution in [0.25, 0.3) is 16.9 Å². The summed E-state index contributed by atoms with van der Waals surface area (Å²) >= 11 is 0. The minimum Gasteiger partial charge on any atom is -0.320 e. The summed E-state index contributed by atoms with van der Waals surface area (Å²) in [6.07, 6.45) is 2.02. The van der Waals surface area contributed by atoms with E-state index in [4.69, 9.17) is 0 Å². The molecule has 0 N–H and O–H groups in total. The first-order valence-corrected chi connectivity index (χ1v) is 12.0. The van der Waals surface area contributed by atoms with Crippen molar-refractivity contribution in [1.29, 1.82) is 0 Å². The number of benzene rings is 3. The topological polar surface area (TPSA) is 61.8 Å². The van der Waals surface area contributed by atoms with Crippen LogP contribution in [0.5, 0.6) is 0 Å². The number of aromatic nitrogens is 4. The van der Waals surface area contributed by atoms with Crippen molar-refractivity contribution in [1.82, 2.24) is 18.7 Å². The van der Waals surface area contributed by atoms with E-state index in [0.29, 0.717) is 23.6 Å². The lowest BCUT2D eigenvalue weighted by Crippen LogP contribution is -2.40. The number of imidazole rings is 1. The van der Waals surface area contributed by atoms with Crippen molar-refractivity contribution in [3.8, 4) is 5.69 Å². The van der Waals surface area contributed by atoms with Gasteiger partial charge in [-0.1, -0.05) is 74.5 Å². The number of rotatable bonds is 7. The first-order chi connectivity index (χ1) is 17.4. The fourth-order valence-electron chi connectivity index (χ4n) is 4.43. The average molecular weight is 483 g/mol. The first-order valence-electron chi connectivity index (χ1n) is 12.0. The van der Waals surface area contributed by atoms with Gasteiger partial charge in [0.25, 0.3) is 5.56 Å². The van der Waals surface area contributed by atoms with Crippen LogP contribution in [0.4, 0.5) is 4.39 Å². The molecular weight excluding hydrogens is 455 g/mol. The molecule has 5 aromatic rings. The van der Waals surface area contributed by atoms with Crippen LogP contribution in [0.3, 0.4) is 0 Å². The molecule has 0 fully saturated rings. The maximum atomic E-state index is 14.4. The predicted molar refractivity (Wildman–Crippen MR) is 139 cm³/mol. The largest absolute Gasteiger partial charge is 0.337 e. The van der Waals surface area contributed by atoms with E-state index < -0.39 is 11.2 Å². The van der Waals surface area contributed by atoms with Crippen LogP contribution in [0, 0.1) is 5.82 Å². The Balaban J connectivity index is 1.69. The van der Waals surface area contributed by atoms with Crippen molar-refractivity contribution >= 4 is 11.2 Å². The number of halogens is 1. The van der Waals surface area contributed by atoms with E-state index in [9.17, 15) is 14.0 Å². The fraction of sp³-hybridized carbons (Fsp3) is 0.207. The smallest absolute Gasteiger partial charge is 0.320 e. The summed E-state index contributed by atoms with van der Waals surface area (Å²) < 4.78 is 18.8. The number of hydrogen-bond donors (Lipinski definition) is 0. The summed E-state index contributed by atoms with van der Waals surface area (Å²) in [7, 11) is 0. The third-order valence-electron chi connectivity index (χ3n) is 6.48. The molecule has 0 aliphatic rings. The minimum atomic E-state index is -0.447. The van der Waals surface area contributed by atoms with Gasteiger partial charge in [0, 0.05) is 12.1 Å². The van der Waals surface area contributed by atoms with E-state index in [2.05, 4.69) is 18.8 Å². The van der Waals surface area contributed by atoms with Gasteiger partial charge in [-0.25, -0.2) is 18.7 Å². The van der Waals surface area contributed by atoms with Gasteiger partial charge >= 0.3 is 5.69 Å². The molecule has 0 aliphatic heterocycles. The highest BCUT2D eigenvalue weighted by Gasteiger charge is 2.20. The molecule has 0 atom stereocenters. The third-order valence-corrected chi connectivity index (χ3v) is 6.48. The van der Waals surface area contributed by atoms with Gasteiger partial charge in [0.05, 0.1) is 18.6 Å². The first kappa shape index (κ1) is 23.5. The lowest BCUT2D eigenvalue weighted by molar-refractivity contribution is 0.598. The van der Waals surface area contributed by atoms with Crippen molar-refractivity contribution in [2.24, 2.45) is 0 Å². The molecule has 0 spiro atoms. The Morgan fingerprint density at radius 3 is 2.28 bits per heavy atom. The van der Waals surface area contributed by atoms with Crippen molar-refractivity contribution in [3.63, 3.8) is 0 Å². The van der Waals surface area contributed by atoms with Gasteiger partial charge < -0.3 is 4.57 Å². The lowest BCUT2D eigenvalue weighted by Gasteiger charge is -2.14. The summed E-state index contributed by atoms with van der Waals surface area (Å²) in [6.45, 7) is 4.55. The standard InChI is InChI=1S/C29H27FN4O2/c1-20(2)22-12-14-24(15-13-22)34-27-26(32(19-31-27)18-23-10-6-7-11-25(23)30)28(35)33(29(34)36)17-16-21-8-4-3-5-9-21/h3-15,19-20H,16-18H2,1-2H3. The van der Waals surface area contributed by atoms with Gasteiger partial charge in [-0.2, -0.15) is 0 Å². The fourth-order valence-corrected chi connectivity index (χ4v) is 4.43. The zero-order chi connectivity index (χ0) is 25.2. The van der Waals surface area contributed by atoms with Gasteiger partial charge in [0.2, 0.25) is 0 Å². The van der Waals surface area contributed by atoms with Crippen LogP contribution in [-0.4, -0.2) is 18.7 Å². The number of nitrogens with zero attached hydrogens (tertiary/aromatic N) is 4. The highest BCUT2D eigenvalue weighted by atomic mass is 19.1. The van der Waals surface area contributed by atoms with Crippen molar-refractivity contribution < 1.29 is 4.39 Å². The summed E-state index contributed by atoms with van der Waals surface area (Å²) in [5, 5.41) is 0. The summed E-state index contributed by atoms with van der Waals surface area (Å²) in [4.78, 5) is 31.8. The van der Waals surface area contributed by atoms with Gasteiger partial charge in [0.1, 0.15) is 5.82 Å².